The molecule has 2 aromatic rings. The van der Waals surface area contributed by atoms with Crippen molar-refractivity contribution in [2.24, 2.45) is 0 Å². The second kappa shape index (κ2) is 6.81. The third-order valence-electron chi connectivity index (χ3n) is 5.11. The van der Waals surface area contributed by atoms with Gasteiger partial charge in [-0.05, 0) is 65.8 Å². The monoisotopic (exact) mass is 327 g/mol. The topological polar surface area (TPSA) is 55.6 Å². The summed E-state index contributed by atoms with van der Waals surface area (Å²) >= 11 is 0. The number of nitrogens with zero attached hydrogens (tertiary/aromatic N) is 4. The molecule has 0 fully saturated rings. The lowest BCUT2D eigenvalue weighted by Crippen LogP contribution is -2.39. The number of aryl methyl sites for hydroxylation is 2. The van der Waals surface area contributed by atoms with Crippen LogP contribution < -0.4 is 5.32 Å². The molecule has 24 heavy (non-hydrogen) atoms. The molecule has 1 N–H and O–H groups in total. The van der Waals surface area contributed by atoms with Crippen molar-refractivity contribution in [1.29, 1.82) is 0 Å². The van der Waals surface area contributed by atoms with E-state index in [1.165, 1.54) is 17.7 Å². The van der Waals surface area contributed by atoms with E-state index in [1.54, 1.807) is 0 Å². The number of rotatable bonds is 3. The van der Waals surface area contributed by atoms with Gasteiger partial charge >= 0.3 is 0 Å². The van der Waals surface area contributed by atoms with Crippen LogP contribution in [0, 0.1) is 5.82 Å². The van der Waals surface area contributed by atoms with E-state index >= 15 is 0 Å². The zero-order valence-electron chi connectivity index (χ0n) is 13.7. The molecule has 2 heterocycles. The molecule has 2 unspecified atom stereocenters. The standard InChI is InChI=1S/C18H22FN5/c19-15-5-1-13(2-6-15)14-3-7-16(8-4-14)20-17-9-10-18-21-22-23-24(18)12-11-17/h1-3,5-6,16-17,20H,4,7-12H2. The lowest BCUT2D eigenvalue weighted by Gasteiger charge is -2.27. The number of halogens is 1. The molecule has 4 rings (SSSR count). The average Bonchev–Trinajstić information content (AvgIpc) is 2.98. The first-order valence-corrected chi connectivity index (χ1v) is 8.74. The normalized spacial score (nSPS) is 24.1. The summed E-state index contributed by atoms with van der Waals surface area (Å²) in [5.41, 5.74) is 2.48. The molecule has 1 aliphatic carbocycles. The van der Waals surface area contributed by atoms with Crippen molar-refractivity contribution >= 4 is 5.57 Å². The Morgan fingerprint density at radius 2 is 1.88 bits per heavy atom. The third kappa shape index (κ3) is 3.38. The molecule has 0 saturated heterocycles. The highest BCUT2D eigenvalue weighted by Gasteiger charge is 2.22. The molecule has 126 valence electrons. The number of hydrogen-bond acceptors (Lipinski definition) is 4. The summed E-state index contributed by atoms with van der Waals surface area (Å²) in [7, 11) is 0. The summed E-state index contributed by atoms with van der Waals surface area (Å²) in [6, 6.07) is 7.87. The number of benzene rings is 1. The summed E-state index contributed by atoms with van der Waals surface area (Å²) in [5, 5.41) is 15.7. The first kappa shape index (κ1) is 15.4. The van der Waals surface area contributed by atoms with Gasteiger partial charge in [0.1, 0.15) is 5.82 Å². The predicted octanol–water partition coefficient (Wildman–Crippen LogP) is 2.74. The van der Waals surface area contributed by atoms with Gasteiger partial charge in [-0.25, -0.2) is 9.07 Å². The summed E-state index contributed by atoms with van der Waals surface area (Å²) in [4.78, 5) is 0. The second-order valence-corrected chi connectivity index (χ2v) is 6.72. The van der Waals surface area contributed by atoms with E-state index < -0.39 is 0 Å². The predicted molar refractivity (Wildman–Crippen MR) is 89.7 cm³/mol. The molecule has 1 aromatic heterocycles. The Morgan fingerprint density at radius 3 is 2.67 bits per heavy atom. The van der Waals surface area contributed by atoms with Crippen molar-refractivity contribution in [2.45, 2.75) is 57.2 Å². The highest BCUT2D eigenvalue weighted by molar-refractivity contribution is 5.66. The van der Waals surface area contributed by atoms with Gasteiger partial charge in [0.05, 0.1) is 0 Å². The minimum atomic E-state index is -0.173. The second-order valence-electron chi connectivity index (χ2n) is 6.72. The summed E-state index contributed by atoms with van der Waals surface area (Å²) in [5.74, 6) is 0.828. The average molecular weight is 327 g/mol. The highest BCUT2D eigenvalue weighted by atomic mass is 19.1. The van der Waals surface area contributed by atoms with Crippen LogP contribution in [0.15, 0.2) is 30.3 Å². The third-order valence-corrected chi connectivity index (χ3v) is 5.11. The van der Waals surface area contributed by atoms with Crippen LogP contribution in [0.2, 0.25) is 0 Å². The zero-order chi connectivity index (χ0) is 16.4. The summed E-state index contributed by atoms with van der Waals surface area (Å²) < 4.78 is 15.0. The van der Waals surface area contributed by atoms with E-state index in [0.29, 0.717) is 12.1 Å². The van der Waals surface area contributed by atoms with Crippen molar-refractivity contribution in [3.63, 3.8) is 0 Å². The maximum atomic E-state index is 13.0. The first-order chi connectivity index (χ1) is 11.8. The summed E-state index contributed by atoms with van der Waals surface area (Å²) in [6.07, 6.45) is 8.62. The molecule has 0 radical (unpaired) electrons. The van der Waals surface area contributed by atoms with Gasteiger partial charge < -0.3 is 5.32 Å². The van der Waals surface area contributed by atoms with Crippen molar-refractivity contribution in [3.8, 4) is 0 Å². The quantitative estimate of drug-likeness (QED) is 0.942. The van der Waals surface area contributed by atoms with E-state index in [9.17, 15) is 4.39 Å². The Hall–Kier alpha value is -2.08. The Bertz CT molecular complexity index is 699. The van der Waals surface area contributed by atoms with Crippen molar-refractivity contribution in [3.05, 3.63) is 47.5 Å². The van der Waals surface area contributed by atoms with Crippen LogP contribution in [0.4, 0.5) is 4.39 Å². The fourth-order valence-electron chi connectivity index (χ4n) is 3.71. The van der Waals surface area contributed by atoms with Gasteiger partial charge in [-0.1, -0.05) is 18.2 Å². The van der Waals surface area contributed by atoms with E-state index in [-0.39, 0.29) is 5.82 Å². The van der Waals surface area contributed by atoms with Gasteiger partial charge in [0.15, 0.2) is 5.82 Å². The smallest absolute Gasteiger partial charge is 0.151 e. The molecule has 1 aliphatic heterocycles. The summed E-state index contributed by atoms with van der Waals surface area (Å²) in [6.45, 7) is 0.892. The number of tetrazole rings is 1. The van der Waals surface area contributed by atoms with Crippen LogP contribution in [0.25, 0.3) is 5.57 Å². The maximum absolute atomic E-state index is 13.0. The van der Waals surface area contributed by atoms with Gasteiger partial charge in [-0.3, -0.25) is 0 Å². The Balaban J connectivity index is 1.33. The number of hydrogen-bond donors (Lipinski definition) is 1. The lowest BCUT2D eigenvalue weighted by atomic mass is 9.90. The van der Waals surface area contributed by atoms with E-state index in [2.05, 4.69) is 26.9 Å². The minimum Gasteiger partial charge on any atom is -0.311 e. The Kier molecular flexibility index (Phi) is 4.38. The molecular weight excluding hydrogens is 305 g/mol. The number of fused-ring (bicyclic) bond motifs is 1. The molecule has 0 amide bonds. The fourth-order valence-corrected chi connectivity index (χ4v) is 3.71. The van der Waals surface area contributed by atoms with Crippen LogP contribution in [0.3, 0.4) is 0 Å². The van der Waals surface area contributed by atoms with Gasteiger partial charge in [0.2, 0.25) is 0 Å². The number of allylic oxidation sites excluding steroid dienone is 1. The van der Waals surface area contributed by atoms with Crippen molar-refractivity contribution in [2.75, 3.05) is 0 Å². The Labute approximate surface area is 141 Å². The zero-order valence-corrected chi connectivity index (χ0v) is 13.7. The van der Waals surface area contributed by atoms with Crippen LogP contribution in [-0.4, -0.2) is 32.3 Å². The molecule has 5 nitrogen and oxygen atoms in total. The van der Waals surface area contributed by atoms with Gasteiger partial charge in [0.25, 0.3) is 0 Å². The van der Waals surface area contributed by atoms with E-state index in [1.807, 2.05) is 16.8 Å². The highest BCUT2D eigenvalue weighted by Crippen LogP contribution is 2.28. The van der Waals surface area contributed by atoms with Crippen molar-refractivity contribution in [1.82, 2.24) is 25.5 Å². The Morgan fingerprint density at radius 1 is 1.04 bits per heavy atom. The van der Waals surface area contributed by atoms with E-state index in [4.69, 9.17) is 0 Å². The van der Waals surface area contributed by atoms with Crippen LogP contribution in [0.1, 0.15) is 43.5 Å². The molecule has 2 aliphatic rings. The van der Waals surface area contributed by atoms with E-state index in [0.717, 1.165) is 56.5 Å². The van der Waals surface area contributed by atoms with Gasteiger partial charge in [-0.15, -0.1) is 5.10 Å². The van der Waals surface area contributed by atoms with Crippen molar-refractivity contribution < 1.29 is 4.39 Å². The van der Waals surface area contributed by atoms with Crippen LogP contribution in [0.5, 0.6) is 0 Å². The maximum Gasteiger partial charge on any atom is 0.151 e. The molecule has 0 spiro atoms. The fraction of sp³-hybridized carbons (Fsp3) is 0.500. The minimum absolute atomic E-state index is 0.173. The van der Waals surface area contributed by atoms with Gasteiger partial charge in [-0.2, -0.15) is 0 Å². The number of nitrogens with one attached hydrogen (secondary N) is 1. The SMILES string of the molecule is Fc1ccc(C2=CCC(NC3CCc4nnnn4CC3)CC2)cc1. The lowest BCUT2D eigenvalue weighted by molar-refractivity contribution is 0.367. The van der Waals surface area contributed by atoms with Gasteiger partial charge in [0, 0.05) is 25.0 Å². The molecular formula is C18H22FN5. The molecule has 0 saturated carbocycles. The molecule has 6 heteroatoms. The molecule has 1 aromatic carbocycles. The molecule has 0 bridgehead atoms. The number of aromatic nitrogens is 4. The van der Waals surface area contributed by atoms with Crippen LogP contribution in [-0.2, 0) is 13.0 Å². The largest absolute Gasteiger partial charge is 0.311 e. The first-order valence-electron chi connectivity index (χ1n) is 8.74. The molecule has 2 atom stereocenters. The van der Waals surface area contributed by atoms with Crippen LogP contribution >= 0.6 is 0 Å².